The zero-order chi connectivity index (χ0) is 15.4. The van der Waals surface area contributed by atoms with Crippen molar-refractivity contribution in [2.24, 2.45) is 0 Å². The molecule has 0 fully saturated rings. The number of carbonyl (C=O) groups is 1. The average Bonchev–Trinajstić information content (AvgIpc) is 2.97. The van der Waals surface area contributed by atoms with E-state index in [9.17, 15) is 14.9 Å². The van der Waals surface area contributed by atoms with E-state index in [4.69, 9.17) is 11.6 Å². The molecule has 1 aromatic carbocycles. The Morgan fingerprint density at radius 2 is 2.19 bits per heavy atom. The molecule has 110 valence electrons. The van der Waals surface area contributed by atoms with Crippen molar-refractivity contribution < 1.29 is 9.72 Å². The lowest BCUT2D eigenvalue weighted by molar-refractivity contribution is -0.384. The molecule has 0 bridgehead atoms. The highest BCUT2D eigenvalue weighted by Gasteiger charge is 2.19. The van der Waals surface area contributed by atoms with Crippen LogP contribution in [0, 0.1) is 10.1 Å². The summed E-state index contributed by atoms with van der Waals surface area (Å²) in [6.07, 6.45) is 0.743. The fourth-order valence-corrected chi connectivity index (χ4v) is 2.73. The van der Waals surface area contributed by atoms with Crippen molar-refractivity contribution in [2.75, 3.05) is 13.6 Å². The lowest BCUT2D eigenvalue weighted by Crippen LogP contribution is -2.29. The van der Waals surface area contributed by atoms with Crippen LogP contribution in [0.4, 0.5) is 5.69 Å². The Morgan fingerprint density at radius 1 is 1.43 bits per heavy atom. The fourth-order valence-electron chi connectivity index (χ4n) is 1.83. The first-order valence-corrected chi connectivity index (χ1v) is 7.46. The van der Waals surface area contributed by atoms with Crippen molar-refractivity contribution >= 4 is 34.5 Å². The van der Waals surface area contributed by atoms with Crippen LogP contribution in [-0.2, 0) is 6.42 Å². The summed E-state index contributed by atoms with van der Waals surface area (Å²) in [5.41, 5.74) is 0.00829. The smallest absolute Gasteiger partial charge is 0.270 e. The van der Waals surface area contributed by atoms with E-state index >= 15 is 0 Å². The highest BCUT2D eigenvalue weighted by Crippen LogP contribution is 2.23. The molecular formula is C14H13ClN2O3S. The van der Waals surface area contributed by atoms with Gasteiger partial charge in [-0.05, 0) is 23.9 Å². The Hall–Kier alpha value is -1.92. The van der Waals surface area contributed by atoms with Gasteiger partial charge in [-0.1, -0.05) is 17.7 Å². The number of non-ortho nitro benzene ring substituents is 1. The van der Waals surface area contributed by atoms with E-state index in [1.165, 1.54) is 28.0 Å². The minimum absolute atomic E-state index is 0.144. The number of nitrogens with zero attached hydrogens (tertiary/aromatic N) is 2. The molecule has 0 unspecified atom stereocenters. The third-order valence-corrected chi connectivity index (χ3v) is 4.28. The van der Waals surface area contributed by atoms with Gasteiger partial charge in [0.05, 0.1) is 15.5 Å². The second kappa shape index (κ2) is 6.69. The Labute approximate surface area is 130 Å². The van der Waals surface area contributed by atoms with Crippen LogP contribution in [0.25, 0.3) is 0 Å². The van der Waals surface area contributed by atoms with Gasteiger partial charge in [-0.15, -0.1) is 11.3 Å². The molecular weight excluding hydrogens is 312 g/mol. The quantitative estimate of drug-likeness (QED) is 0.623. The number of amides is 1. The third kappa shape index (κ3) is 3.80. The molecule has 1 heterocycles. The van der Waals surface area contributed by atoms with Crippen molar-refractivity contribution in [3.8, 4) is 0 Å². The lowest BCUT2D eigenvalue weighted by atomic mass is 10.1. The molecule has 5 nitrogen and oxygen atoms in total. The number of benzene rings is 1. The van der Waals surface area contributed by atoms with Crippen LogP contribution >= 0.6 is 22.9 Å². The molecule has 0 atom stereocenters. The SMILES string of the molecule is CN(CCc1cccs1)C(=O)c1cc([N+](=O)[O-])ccc1Cl. The van der Waals surface area contributed by atoms with Crippen molar-refractivity contribution in [1.82, 2.24) is 4.90 Å². The Kier molecular flexibility index (Phi) is 4.93. The molecule has 0 spiro atoms. The van der Waals surface area contributed by atoms with Crippen molar-refractivity contribution in [3.63, 3.8) is 0 Å². The average molecular weight is 325 g/mol. The van der Waals surface area contributed by atoms with Crippen LogP contribution in [0.1, 0.15) is 15.2 Å². The summed E-state index contributed by atoms with van der Waals surface area (Å²) in [5, 5.41) is 13.0. The number of carbonyl (C=O) groups excluding carboxylic acids is 1. The van der Waals surface area contributed by atoms with E-state index < -0.39 is 4.92 Å². The number of rotatable bonds is 5. The van der Waals surface area contributed by atoms with E-state index in [1.807, 2.05) is 17.5 Å². The van der Waals surface area contributed by atoms with E-state index in [0.29, 0.717) is 6.54 Å². The minimum atomic E-state index is -0.543. The monoisotopic (exact) mass is 324 g/mol. The molecule has 0 saturated carbocycles. The number of hydrogen-bond acceptors (Lipinski definition) is 4. The molecule has 0 radical (unpaired) electrons. The molecule has 21 heavy (non-hydrogen) atoms. The Morgan fingerprint density at radius 3 is 2.81 bits per heavy atom. The summed E-state index contributed by atoms with van der Waals surface area (Å²) in [6.45, 7) is 0.526. The molecule has 0 aliphatic carbocycles. The van der Waals surface area contributed by atoms with Gasteiger partial charge in [0.15, 0.2) is 0 Å². The van der Waals surface area contributed by atoms with Gasteiger partial charge < -0.3 is 4.90 Å². The van der Waals surface area contributed by atoms with Gasteiger partial charge in [0.1, 0.15) is 0 Å². The second-order valence-corrected chi connectivity index (χ2v) is 5.92. The zero-order valence-electron chi connectivity index (χ0n) is 11.3. The van der Waals surface area contributed by atoms with E-state index in [1.54, 1.807) is 18.4 Å². The van der Waals surface area contributed by atoms with Gasteiger partial charge >= 0.3 is 0 Å². The summed E-state index contributed by atoms with van der Waals surface area (Å²) in [4.78, 5) is 25.3. The first-order chi connectivity index (χ1) is 9.99. The molecule has 7 heteroatoms. The topological polar surface area (TPSA) is 63.5 Å². The summed E-state index contributed by atoms with van der Waals surface area (Å²) in [5.74, 6) is -0.319. The lowest BCUT2D eigenvalue weighted by Gasteiger charge is -2.17. The number of halogens is 1. The van der Waals surface area contributed by atoms with Crippen LogP contribution in [0.15, 0.2) is 35.7 Å². The van der Waals surface area contributed by atoms with Crippen molar-refractivity contribution in [1.29, 1.82) is 0 Å². The van der Waals surface area contributed by atoms with Crippen LogP contribution in [0.5, 0.6) is 0 Å². The summed E-state index contributed by atoms with van der Waals surface area (Å²) >= 11 is 7.60. The van der Waals surface area contributed by atoms with E-state index in [-0.39, 0.29) is 22.2 Å². The van der Waals surface area contributed by atoms with Crippen molar-refractivity contribution in [3.05, 3.63) is 61.3 Å². The molecule has 2 rings (SSSR count). The first-order valence-electron chi connectivity index (χ1n) is 6.21. The second-order valence-electron chi connectivity index (χ2n) is 4.48. The van der Waals surface area contributed by atoms with Gasteiger partial charge in [0, 0.05) is 30.6 Å². The number of nitro benzene ring substituents is 1. The first kappa shape index (κ1) is 15.5. The summed E-state index contributed by atoms with van der Waals surface area (Å²) in [6, 6.07) is 7.83. The summed E-state index contributed by atoms with van der Waals surface area (Å²) < 4.78 is 0. The molecule has 0 aliphatic heterocycles. The van der Waals surface area contributed by atoms with E-state index in [0.717, 1.165) is 6.42 Å². The molecule has 0 aliphatic rings. The predicted octanol–water partition coefficient (Wildman–Crippen LogP) is 3.62. The van der Waals surface area contributed by atoms with Crippen molar-refractivity contribution in [2.45, 2.75) is 6.42 Å². The maximum Gasteiger partial charge on any atom is 0.270 e. The van der Waals surface area contributed by atoms with Gasteiger partial charge in [-0.25, -0.2) is 0 Å². The van der Waals surface area contributed by atoms with E-state index in [2.05, 4.69) is 0 Å². The maximum atomic E-state index is 12.3. The Balaban J connectivity index is 2.11. The zero-order valence-corrected chi connectivity index (χ0v) is 12.9. The van der Waals surface area contributed by atoms with Crippen LogP contribution < -0.4 is 0 Å². The fraction of sp³-hybridized carbons (Fsp3) is 0.214. The molecule has 1 amide bonds. The summed E-state index contributed by atoms with van der Waals surface area (Å²) in [7, 11) is 1.66. The number of nitro groups is 1. The van der Waals surface area contributed by atoms with Gasteiger partial charge in [0.25, 0.3) is 11.6 Å². The normalized spacial score (nSPS) is 10.4. The highest BCUT2D eigenvalue weighted by molar-refractivity contribution is 7.09. The van der Waals surface area contributed by atoms with Gasteiger partial charge in [0.2, 0.25) is 0 Å². The molecule has 0 N–H and O–H groups in total. The third-order valence-electron chi connectivity index (χ3n) is 3.01. The number of hydrogen-bond donors (Lipinski definition) is 0. The number of thiophene rings is 1. The van der Waals surface area contributed by atoms with Crippen LogP contribution in [-0.4, -0.2) is 29.3 Å². The van der Waals surface area contributed by atoms with Crippen LogP contribution in [0.3, 0.4) is 0 Å². The Bertz CT molecular complexity index is 658. The minimum Gasteiger partial charge on any atom is -0.341 e. The van der Waals surface area contributed by atoms with Crippen LogP contribution in [0.2, 0.25) is 5.02 Å². The highest BCUT2D eigenvalue weighted by atomic mass is 35.5. The van der Waals surface area contributed by atoms with Gasteiger partial charge in [-0.2, -0.15) is 0 Å². The molecule has 2 aromatic rings. The largest absolute Gasteiger partial charge is 0.341 e. The predicted molar refractivity (Wildman–Crippen MR) is 83.1 cm³/mol. The molecule has 1 aromatic heterocycles. The standard InChI is InChI=1S/C14H13ClN2O3S/c1-16(7-6-11-3-2-8-21-11)14(18)12-9-10(17(19)20)4-5-13(12)15/h2-5,8-9H,6-7H2,1H3. The molecule has 0 saturated heterocycles. The number of likely N-dealkylation sites (N-methyl/N-ethyl adjacent to an activating group) is 1. The van der Waals surface area contributed by atoms with Gasteiger partial charge in [-0.3, -0.25) is 14.9 Å². The maximum absolute atomic E-state index is 12.3.